The first-order valence-corrected chi connectivity index (χ1v) is 6.73. The number of hydrogen-bond acceptors (Lipinski definition) is 2. The second-order valence-corrected chi connectivity index (χ2v) is 5.66. The molecule has 0 aromatic rings. The average Bonchev–Trinajstić information content (AvgIpc) is 2.26. The summed E-state index contributed by atoms with van der Waals surface area (Å²) in [5, 5.41) is 0. The zero-order valence-electron chi connectivity index (χ0n) is 10.1. The fourth-order valence-electron chi connectivity index (χ4n) is 3.27. The van der Waals surface area contributed by atoms with Crippen molar-refractivity contribution in [2.45, 2.75) is 51.5 Å². The SMILES string of the molecule is CC(N)CCN1CCC2CCCCC2C1. The molecule has 3 atom stereocenters. The van der Waals surface area contributed by atoms with E-state index >= 15 is 0 Å². The smallest absolute Gasteiger partial charge is 0.00226 e. The molecular formula is C13H26N2. The van der Waals surface area contributed by atoms with Gasteiger partial charge in [-0.1, -0.05) is 19.3 Å². The lowest BCUT2D eigenvalue weighted by Gasteiger charge is -2.41. The van der Waals surface area contributed by atoms with E-state index in [1.165, 1.54) is 51.7 Å². The van der Waals surface area contributed by atoms with Gasteiger partial charge >= 0.3 is 0 Å². The zero-order chi connectivity index (χ0) is 10.7. The van der Waals surface area contributed by atoms with Crippen LogP contribution >= 0.6 is 0 Å². The molecule has 2 nitrogen and oxygen atoms in total. The normalized spacial score (nSPS) is 34.8. The molecule has 2 rings (SSSR count). The Morgan fingerprint density at radius 3 is 2.67 bits per heavy atom. The molecule has 2 N–H and O–H groups in total. The van der Waals surface area contributed by atoms with Crippen LogP contribution in [0.5, 0.6) is 0 Å². The van der Waals surface area contributed by atoms with Gasteiger partial charge in [0.1, 0.15) is 0 Å². The largest absolute Gasteiger partial charge is 0.328 e. The lowest BCUT2D eigenvalue weighted by molar-refractivity contribution is 0.0852. The Hall–Kier alpha value is -0.0800. The molecule has 0 bridgehead atoms. The van der Waals surface area contributed by atoms with E-state index in [0.717, 1.165) is 18.3 Å². The van der Waals surface area contributed by atoms with Gasteiger partial charge in [-0.3, -0.25) is 0 Å². The quantitative estimate of drug-likeness (QED) is 0.774. The Kier molecular flexibility index (Phi) is 4.04. The minimum Gasteiger partial charge on any atom is -0.328 e. The number of hydrogen-bond donors (Lipinski definition) is 1. The van der Waals surface area contributed by atoms with Gasteiger partial charge in [0.25, 0.3) is 0 Å². The van der Waals surface area contributed by atoms with Gasteiger partial charge in [0.15, 0.2) is 0 Å². The maximum atomic E-state index is 5.81. The topological polar surface area (TPSA) is 29.3 Å². The Bertz CT molecular complexity index is 191. The molecule has 2 heteroatoms. The van der Waals surface area contributed by atoms with Gasteiger partial charge in [-0.25, -0.2) is 0 Å². The van der Waals surface area contributed by atoms with Crippen LogP contribution in [0, 0.1) is 11.8 Å². The van der Waals surface area contributed by atoms with Gasteiger partial charge in [-0.05, 0) is 51.1 Å². The fraction of sp³-hybridized carbons (Fsp3) is 1.00. The van der Waals surface area contributed by atoms with Gasteiger partial charge in [0.05, 0.1) is 0 Å². The highest BCUT2D eigenvalue weighted by atomic mass is 15.1. The lowest BCUT2D eigenvalue weighted by atomic mass is 9.75. The summed E-state index contributed by atoms with van der Waals surface area (Å²) < 4.78 is 0. The van der Waals surface area contributed by atoms with Gasteiger partial charge in [0.2, 0.25) is 0 Å². The minimum absolute atomic E-state index is 0.370. The van der Waals surface area contributed by atoms with Crippen LogP contribution in [0.1, 0.15) is 45.4 Å². The number of nitrogens with two attached hydrogens (primary N) is 1. The van der Waals surface area contributed by atoms with Crippen molar-refractivity contribution in [1.82, 2.24) is 4.90 Å². The van der Waals surface area contributed by atoms with Crippen LogP contribution in [-0.2, 0) is 0 Å². The molecule has 0 radical (unpaired) electrons. The van der Waals surface area contributed by atoms with Crippen LogP contribution < -0.4 is 5.73 Å². The van der Waals surface area contributed by atoms with Crippen LogP contribution in [0.2, 0.25) is 0 Å². The summed E-state index contributed by atoms with van der Waals surface area (Å²) in [6.45, 7) is 6.03. The lowest BCUT2D eigenvalue weighted by Crippen LogP contribution is -2.43. The molecule has 3 unspecified atom stereocenters. The Balaban J connectivity index is 1.75. The molecular weight excluding hydrogens is 184 g/mol. The molecule has 0 aromatic heterocycles. The summed E-state index contributed by atoms with van der Waals surface area (Å²) in [5.41, 5.74) is 5.81. The van der Waals surface area contributed by atoms with E-state index in [1.54, 1.807) is 0 Å². The summed E-state index contributed by atoms with van der Waals surface area (Å²) in [7, 11) is 0. The number of likely N-dealkylation sites (tertiary alicyclic amines) is 1. The summed E-state index contributed by atoms with van der Waals surface area (Å²) in [6, 6.07) is 0.370. The van der Waals surface area contributed by atoms with Crippen molar-refractivity contribution in [2.75, 3.05) is 19.6 Å². The van der Waals surface area contributed by atoms with Crippen molar-refractivity contribution in [2.24, 2.45) is 17.6 Å². The maximum absolute atomic E-state index is 5.81. The minimum atomic E-state index is 0.370. The number of nitrogens with zero attached hydrogens (tertiary/aromatic N) is 1. The van der Waals surface area contributed by atoms with E-state index in [0.29, 0.717) is 6.04 Å². The summed E-state index contributed by atoms with van der Waals surface area (Å²) in [5.74, 6) is 2.07. The van der Waals surface area contributed by atoms with Crippen molar-refractivity contribution in [3.05, 3.63) is 0 Å². The second kappa shape index (κ2) is 5.31. The predicted octanol–water partition coefficient (Wildman–Crippen LogP) is 2.24. The fourth-order valence-corrected chi connectivity index (χ4v) is 3.27. The van der Waals surface area contributed by atoms with Crippen LogP contribution in [0.4, 0.5) is 0 Å². The highest BCUT2D eigenvalue weighted by molar-refractivity contribution is 4.83. The van der Waals surface area contributed by atoms with E-state index in [4.69, 9.17) is 5.73 Å². The average molecular weight is 210 g/mol. The molecule has 2 aliphatic rings. The molecule has 1 heterocycles. The van der Waals surface area contributed by atoms with Gasteiger partial charge in [-0.15, -0.1) is 0 Å². The van der Waals surface area contributed by atoms with E-state index in [2.05, 4.69) is 11.8 Å². The van der Waals surface area contributed by atoms with E-state index in [9.17, 15) is 0 Å². The van der Waals surface area contributed by atoms with Crippen LogP contribution in [0.25, 0.3) is 0 Å². The molecule has 1 saturated heterocycles. The molecule has 1 aliphatic heterocycles. The molecule has 0 amide bonds. The highest BCUT2D eigenvalue weighted by Gasteiger charge is 2.30. The van der Waals surface area contributed by atoms with Crippen LogP contribution in [0.3, 0.4) is 0 Å². The number of piperidine rings is 1. The molecule has 0 aromatic carbocycles. The first-order valence-electron chi connectivity index (χ1n) is 6.73. The molecule has 88 valence electrons. The van der Waals surface area contributed by atoms with Gasteiger partial charge in [-0.2, -0.15) is 0 Å². The summed E-state index contributed by atoms with van der Waals surface area (Å²) >= 11 is 0. The van der Waals surface area contributed by atoms with E-state index < -0.39 is 0 Å². The zero-order valence-corrected chi connectivity index (χ0v) is 10.1. The Labute approximate surface area is 94.2 Å². The van der Waals surface area contributed by atoms with Crippen LogP contribution in [-0.4, -0.2) is 30.6 Å². The molecule has 15 heavy (non-hydrogen) atoms. The Morgan fingerprint density at radius 2 is 1.93 bits per heavy atom. The third-order valence-corrected chi connectivity index (χ3v) is 4.28. The number of rotatable bonds is 3. The standard InChI is InChI=1S/C13H26N2/c1-11(14)6-8-15-9-7-12-4-2-3-5-13(12)10-15/h11-13H,2-10,14H2,1H3. The van der Waals surface area contributed by atoms with E-state index in [1.807, 2.05) is 0 Å². The first kappa shape index (κ1) is 11.4. The second-order valence-electron chi connectivity index (χ2n) is 5.66. The third-order valence-electron chi connectivity index (χ3n) is 4.28. The van der Waals surface area contributed by atoms with Crippen molar-refractivity contribution in [3.63, 3.8) is 0 Å². The maximum Gasteiger partial charge on any atom is 0.00226 e. The number of fused-ring (bicyclic) bond motifs is 1. The van der Waals surface area contributed by atoms with Crippen LogP contribution in [0.15, 0.2) is 0 Å². The monoisotopic (exact) mass is 210 g/mol. The van der Waals surface area contributed by atoms with Crippen molar-refractivity contribution in [1.29, 1.82) is 0 Å². The van der Waals surface area contributed by atoms with Gasteiger partial charge < -0.3 is 10.6 Å². The highest BCUT2D eigenvalue weighted by Crippen LogP contribution is 2.35. The van der Waals surface area contributed by atoms with Crippen molar-refractivity contribution >= 4 is 0 Å². The van der Waals surface area contributed by atoms with Gasteiger partial charge in [0, 0.05) is 12.6 Å². The molecule has 2 fully saturated rings. The van der Waals surface area contributed by atoms with E-state index in [-0.39, 0.29) is 0 Å². The molecule has 1 aliphatic carbocycles. The third kappa shape index (κ3) is 3.18. The first-order chi connectivity index (χ1) is 7.25. The molecule has 1 saturated carbocycles. The Morgan fingerprint density at radius 1 is 1.20 bits per heavy atom. The summed E-state index contributed by atoms with van der Waals surface area (Å²) in [6.07, 6.45) is 8.56. The summed E-state index contributed by atoms with van der Waals surface area (Å²) in [4.78, 5) is 2.65. The predicted molar refractivity (Wildman–Crippen MR) is 64.8 cm³/mol. The van der Waals surface area contributed by atoms with Crippen molar-refractivity contribution in [3.8, 4) is 0 Å². The molecule has 0 spiro atoms. The van der Waals surface area contributed by atoms with Crippen molar-refractivity contribution < 1.29 is 0 Å².